The van der Waals surface area contributed by atoms with Crippen LogP contribution >= 0.6 is 15.9 Å². The fourth-order valence-electron chi connectivity index (χ4n) is 1.45. The number of rotatable bonds is 2. The second kappa shape index (κ2) is 5.15. The lowest BCUT2D eigenvalue weighted by atomic mass is 10.2. The number of hydrogen-bond donors (Lipinski definition) is 0. The summed E-state index contributed by atoms with van der Waals surface area (Å²) >= 11 is 3.36. The maximum absolute atomic E-state index is 11.9. The van der Waals surface area contributed by atoms with Crippen molar-refractivity contribution in [1.29, 1.82) is 0 Å². The molecule has 0 saturated carbocycles. The van der Waals surface area contributed by atoms with E-state index in [9.17, 15) is 5.21 Å². The van der Waals surface area contributed by atoms with E-state index >= 15 is 0 Å². The molecule has 0 radical (unpaired) electrons. The zero-order valence-electron chi connectivity index (χ0n) is 9.43. The van der Waals surface area contributed by atoms with E-state index in [0.29, 0.717) is 5.69 Å². The normalized spacial score (nSPS) is 11.5. The number of halogens is 1. The molecule has 0 bridgehead atoms. The van der Waals surface area contributed by atoms with Crippen LogP contribution in [0, 0.1) is 12.1 Å². The van der Waals surface area contributed by atoms with Crippen molar-refractivity contribution in [3.63, 3.8) is 0 Å². The fourth-order valence-corrected chi connectivity index (χ4v) is 1.71. The largest absolute Gasteiger partial charge is 0.618 e. The number of nitrogens with zero attached hydrogens (tertiary/aromatic N) is 1. The van der Waals surface area contributed by atoms with Crippen LogP contribution in [0.3, 0.4) is 0 Å². The lowest BCUT2D eigenvalue weighted by Crippen LogP contribution is -1.98. The molecular formula is C14H12BrNO. The molecule has 3 heteroatoms. The van der Waals surface area contributed by atoms with E-state index in [4.69, 9.17) is 0 Å². The lowest BCUT2D eigenvalue weighted by molar-refractivity contribution is -0.354. The van der Waals surface area contributed by atoms with Crippen molar-refractivity contribution in [1.82, 2.24) is 0 Å². The van der Waals surface area contributed by atoms with E-state index < -0.39 is 0 Å². The molecule has 17 heavy (non-hydrogen) atoms. The van der Waals surface area contributed by atoms with Crippen LogP contribution in [0.5, 0.6) is 0 Å². The Kier molecular flexibility index (Phi) is 3.59. The molecule has 0 unspecified atom stereocenters. The molecule has 86 valence electrons. The van der Waals surface area contributed by atoms with Crippen LogP contribution in [-0.2, 0) is 0 Å². The molecule has 2 nitrogen and oxygen atoms in total. The van der Waals surface area contributed by atoms with E-state index in [1.54, 1.807) is 6.21 Å². The Morgan fingerprint density at radius 2 is 1.59 bits per heavy atom. The van der Waals surface area contributed by atoms with Crippen LogP contribution in [0.2, 0.25) is 0 Å². The van der Waals surface area contributed by atoms with E-state index in [1.165, 1.54) is 0 Å². The van der Waals surface area contributed by atoms with Gasteiger partial charge in [-0.1, -0.05) is 33.6 Å². The van der Waals surface area contributed by atoms with Gasteiger partial charge < -0.3 is 5.21 Å². The summed E-state index contributed by atoms with van der Waals surface area (Å²) in [6.07, 6.45) is 1.57. The summed E-state index contributed by atoms with van der Waals surface area (Å²) in [7, 11) is 0. The minimum atomic E-state index is 0.638. The van der Waals surface area contributed by atoms with Crippen LogP contribution < -0.4 is 0 Å². The molecular weight excluding hydrogens is 278 g/mol. The second-order valence-corrected chi connectivity index (χ2v) is 4.76. The summed E-state index contributed by atoms with van der Waals surface area (Å²) in [5.41, 5.74) is 2.66. The van der Waals surface area contributed by atoms with E-state index in [2.05, 4.69) is 15.9 Å². The first-order chi connectivity index (χ1) is 8.15. The summed E-state index contributed by atoms with van der Waals surface area (Å²) in [6, 6.07) is 15.1. The zero-order chi connectivity index (χ0) is 12.3. The van der Waals surface area contributed by atoms with Crippen LogP contribution in [-0.4, -0.2) is 11.0 Å². The smallest absolute Gasteiger partial charge is 0.216 e. The topological polar surface area (TPSA) is 26.1 Å². The first-order valence-corrected chi connectivity index (χ1v) is 6.08. The first kappa shape index (κ1) is 11.9. The van der Waals surface area contributed by atoms with E-state index in [1.807, 2.05) is 55.5 Å². The Labute approximate surface area is 109 Å². The van der Waals surface area contributed by atoms with Gasteiger partial charge in [0.2, 0.25) is 5.69 Å². The van der Waals surface area contributed by atoms with Gasteiger partial charge in [0.1, 0.15) is 0 Å². The van der Waals surface area contributed by atoms with Crippen molar-refractivity contribution >= 4 is 27.8 Å². The maximum Gasteiger partial charge on any atom is 0.216 e. The summed E-state index contributed by atoms with van der Waals surface area (Å²) < 4.78 is 1.88. The zero-order valence-corrected chi connectivity index (χ0v) is 11.0. The third-order valence-corrected chi connectivity index (χ3v) is 2.95. The minimum Gasteiger partial charge on any atom is -0.618 e. The molecule has 0 amide bonds. The van der Waals surface area contributed by atoms with Gasteiger partial charge >= 0.3 is 0 Å². The minimum absolute atomic E-state index is 0.638. The molecule has 0 aliphatic heterocycles. The molecule has 0 aliphatic carbocycles. The average Bonchev–Trinajstić information content (AvgIpc) is 2.33. The predicted molar refractivity (Wildman–Crippen MR) is 73.8 cm³/mol. The van der Waals surface area contributed by atoms with Gasteiger partial charge in [0, 0.05) is 22.2 Å². The van der Waals surface area contributed by atoms with E-state index in [-0.39, 0.29) is 0 Å². The van der Waals surface area contributed by atoms with Gasteiger partial charge in [0.05, 0.1) is 0 Å². The summed E-state index contributed by atoms with van der Waals surface area (Å²) in [5, 5.41) is 11.9. The third kappa shape index (κ3) is 3.17. The van der Waals surface area contributed by atoms with Crippen molar-refractivity contribution in [3.05, 3.63) is 69.3 Å². The molecule has 0 aliphatic rings. The van der Waals surface area contributed by atoms with Gasteiger partial charge in [0.15, 0.2) is 6.21 Å². The Morgan fingerprint density at radius 1 is 1.00 bits per heavy atom. The maximum atomic E-state index is 11.9. The Morgan fingerprint density at radius 3 is 2.18 bits per heavy atom. The monoisotopic (exact) mass is 289 g/mol. The van der Waals surface area contributed by atoms with Gasteiger partial charge in [-0.05, 0) is 31.2 Å². The SMILES string of the molecule is Cc1ccc([N+]([O-])=Cc2ccc(Br)cc2)cc1. The third-order valence-electron chi connectivity index (χ3n) is 2.42. The fraction of sp³-hybridized carbons (Fsp3) is 0.0714. The molecule has 0 atom stereocenters. The number of hydrogen-bond acceptors (Lipinski definition) is 1. The first-order valence-electron chi connectivity index (χ1n) is 5.28. The standard InChI is InChI=1S/C14H12BrNO/c1-11-2-8-14(9-3-11)16(17)10-12-4-6-13(15)7-5-12/h2-10H,1H3. The van der Waals surface area contributed by atoms with Crippen LogP contribution in [0.25, 0.3) is 0 Å². The van der Waals surface area contributed by atoms with Crippen LogP contribution in [0.1, 0.15) is 11.1 Å². The molecule has 0 fully saturated rings. The van der Waals surface area contributed by atoms with E-state index in [0.717, 1.165) is 20.3 Å². The number of aryl methyl sites for hydroxylation is 1. The molecule has 0 saturated heterocycles. The molecule has 0 heterocycles. The summed E-state index contributed by atoms with van der Waals surface area (Å²) in [6.45, 7) is 2.00. The van der Waals surface area contributed by atoms with Crippen LogP contribution in [0.4, 0.5) is 5.69 Å². The predicted octanol–water partition coefficient (Wildman–Crippen LogP) is 4.02. The van der Waals surface area contributed by atoms with Crippen molar-refractivity contribution in [2.24, 2.45) is 0 Å². The van der Waals surface area contributed by atoms with Crippen LogP contribution in [0.15, 0.2) is 53.0 Å². The van der Waals surface area contributed by atoms with Crippen molar-refractivity contribution in [3.8, 4) is 0 Å². The van der Waals surface area contributed by atoms with Gasteiger partial charge in [-0.15, -0.1) is 0 Å². The highest BCUT2D eigenvalue weighted by atomic mass is 79.9. The molecule has 2 rings (SSSR count). The van der Waals surface area contributed by atoms with Crippen molar-refractivity contribution < 1.29 is 4.74 Å². The molecule has 2 aromatic carbocycles. The highest BCUT2D eigenvalue weighted by Gasteiger charge is 2.00. The lowest BCUT2D eigenvalue weighted by Gasteiger charge is -2.03. The van der Waals surface area contributed by atoms with Gasteiger partial charge in [-0.3, -0.25) is 0 Å². The Balaban J connectivity index is 2.27. The van der Waals surface area contributed by atoms with Crippen molar-refractivity contribution in [2.75, 3.05) is 0 Å². The molecule has 2 aromatic rings. The van der Waals surface area contributed by atoms with Gasteiger partial charge in [-0.25, -0.2) is 0 Å². The van der Waals surface area contributed by atoms with Gasteiger partial charge in [0.25, 0.3) is 0 Å². The number of benzene rings is 2. The molecule has 0 N–H and O–H groups in total. The second-order valence-electron chi connectivity index (χ2n) is 3.84. The molecule has 0 aromatic heterocycles. The summed E-state index contributed by atoms with van der Waals surface area (Å²) in [4.78, 5) is 0. The highest BCUT2D eigenvalue weighted by molar-refractivity contribution is 9.10. The quantitative estimate of drug-likeness (QED) is 0.355. The summed E-state index contributed by atoms with van der Waals surface area (Å²) in [5.74, 6) is 0. The van der Waals surface area contributed by atoms with Crippen molar-refractivity contribution in [2.45, 2.75) is 6.92 Å². The average molecular weight is 290 g/mol. The molecule has 0 spiro atoms. The highest BCUT2D eigenvalue weighted by Crippen LogP contribution is 2.13. The Bertz CT molecular complexity index is 529. The van der Waals surface area contributed by atoms with Gasteiger partial charge in [-0.2, -0.15) is 4.74 Å². The Hall–Kier alpha value is -1.61.